The second-order valence-corrected chi connectivity index (χ2v) is 11.3. The lowest BCUT2D eigenvalue weighted by molar-refractivity contribution is -0.202. The Labute approximate surface area is 242 Å². The number of halogens is 1. The summed E-state index contributed by atoms with van der Waals surface area (Å²) in [6, 6.07) is 11.4. The molecule has 5 atom stereocenters. The summed E-state index contributed by atoms with van der Waals surface area (Å²) >= 11 is 0. The lowest BCUT2D eigenvalue weighted by atomic mass is 10.0. The summed E-state index contributed by atoms with van der Waals surface area (Å²) in [4.78, 5) is 4.47. The largest absolute Gasteiger partial charge is 0.487 e. The number of aliphatic hydroxyl groups is 2. The fraction of sp³-hybridized carbons (Fsp3) is 0.452. The van der Waals surface area contributed by atoms with E-state index in [1.54, 1.807) is 41.2 Å². The Kier molecular flexibility index (Phi) is 9.55. The van der Waals surface area contributed by atoms with Gasteiger partial charge in [0.15, 0.2) is 6.29 Å². The van der Waals surface area contributed by atoms with Crippen molar-refractivity contribution in [2.75, 3.05) is 26.4 Å². The minimum atomic E-state index is -0.933. The third-order valence-corrected chi connectivity index (χ3v) is 7.52. The van der Waals surface area contributed by atoms with Crippen molar-refractivity contribution in [1.29, 1.82) is 0 Å². The van der Waals surface area contributed by atoms with Crippen LogP contribution in [-0.4, -0.2) is 74.9 Å². The first-order valence-corrected chi connectivity index (χ1v) is 14.4. The summed E-state index contributed by atoms with van der Waals surface area (Å²) in [5, 5.41) is 19.2. The van der Waals surface area contributed by atoms with Crippen molar-refractivity contribution in [2.45, 2.75) is 62.4 Å². The highest BCUT2D eigenvalue weighted by Gasteiger charge is 2.32. The van der Waals surface area contributed by atoms with E-state index < -0.39 is 29.3 Å². The Hall–Kier alpha value is -3.04. The summed E-state index contributed by atoms with van der Waals surface area (Å²) < 4.78 is 39.6. The van der Waals surface area contributed by atoms with Crippen LogP contribution >= 0.6 is 0 Å². The zero-order chi connectivity index (χ0) is 28.8. The first kappa shape index (κ1) is 29.4. The van der Waals surface area contributed by atoms with Gasteiger partial charge in [0, 0.05) is 42.6 Å². The predicted octanol–water partition coefficient (Wildman–Crippen LogP) is 3.69. The minimum Gasteiger partial charge on any atom is -0.487 e. The van der Waals surface area contributed by atoms with Crippen molar-refractivity contribution < 1.29 is 33.6 Å². The Morgan fingerprint density at radius 1 is 1.20 bits per heavy atom. The number of benzene rings is 2. The van der Waals surface area contributed by atoms with Gasteiger partial charge in [-0.1, -0.05) is 24.0 Å². The molecule has 0 amide bonds. The van der Waals surface area contributed by atoms with Gasteiger partial charge >= 0.3 is 0 Å². The Morgan fingerprint density at radius 3 is 2.73 bits per heavy atom. The van der Waals surface area contributed by atoms with Crippen LogP contribution in [0.4, 0.5) is 4.39 Å². The van der Waals surface area contributed by atoms with Crippen LogP contribution in [0.1, 0.15) is 50.0 Å². The third kappa shape index (κ3) is 7.24. The van der Waals surface area contributed by atoms with Crippen molar-refractivity contribution in [2.24, 2.45) is 0 Å². The van der Waals surface area contributed by atoms with Crippen molar-refractivity contribution in [3.05, 3.63) is 72.1 Å². The highest BCUT2D eigenvalue weighted by atomic mass is 28.1. The molecule has 0 spiro atoms. The summed E-state index contributed by atoms with van der Waals surface area (Å²) in [5.74, 6) is 6.74. The van der Waals surface area contributed by atoms with Gasteiger partial charge in [-0.15, -0.1) is 0 Å². The fourth-order valence-corrected chi connectivity index (χ4v) is 5.30. The maximum absolute atomic E-state index is 15.0. The molecule has 2 aromatic carbocycles. The number of nitrogens with zero attached hydrogens (tertiary/aromatic N) is 2. The van der Waals surface area contributed by atoms with E-state index in [0.29, 0.717) is 42.3 Å². The van der Waals surface area contributed by atoms with Gasteiger partial charge in [0.1, 0.15) is 40.9 Å². The van der Waals surface area contributed by atoms with Gasteiger partial charge in [-0.25, -0.2) is 9.37 Å². The van der Waals surface area contributed by atoms with Crippen LogP contribution in [0.5, 0.6) is 5.75 Å². The average molecular weight is 578 g/mol. The zero-order valence-corrected chi connectivity index (χ0v) is 24.0. The number of hydrogen-bond acceptors (Lipinski definition) is 7. The first-order valence-electron chi connectivity index (χ1n) is 13.9. The second-order valence-electron chi connectivity index (χ2n) is 10.4. The van der Waals surface area contributed by atoms with Crippen LogP contribution < -0.4 is 4.74 Å². The third-order valence-electron chi connectivity index (χ3n) is 7.18. The van der Waals surface area contributed by atoms with Gasteiger partial charge in [0.2, 0.25) is 0 Å². The fourth-order valence-electron chi connectivity index (χ4n) is 4.98. The molecule has 3 aromatic rings. The van der Waals surface area contributed by atoms with E-state index in [2.05, 4.69) is 27.1 Å². The quantitative estimate of drug-likeness (QED) is 0.312. The SMILES string of the molecule is C[C@@]([Si])(OC1CCCCO1)c1nccn1[C@@H](C#Cc1ccc(-c2ccc(OC3CCOC[C@H]3O)cc2F)cc1)CO. The normalized spacial score (nSPS) is 23.2. The van der Waals surface area contributed by atoms with E-state index in [4.69, 9.17) is 18.9 Å². The molecule has 2 aliphatic rings. The van der Waals surface area contributed by atoms with E-state index >= 15 is 0 Å². The minimum absolute atomic E-state index is 0.211. The van der Waals surface area contributed by atoms with Crippen molar-refractivity contribution in [3.63, 3.8) is 0 Å². The Bertz CT molecular complexity index is 1360. The maximum Gasteiger partial charge on any atom is 0.158 e. The summed E-state index contributed by atoms with van der Waals surface area (Å²) in [6.45, 7) is 3.01. The molecule has 0 saturated carbocycles. The van der Waals surface area contributed by atoms with Crippen LogP contribution in [0.2, 0.25) is 0 Å². The van der Waals surface area contributed by atoms with Crippen LogP contribution in [0.15, 0.2) is 54.9 Å². The lowest BCUT2D eigenvalue weighted by Gasteiger charge is -2.33. The van der Waals surface area contributed by atoms with Gasteiger partial charge in [-0.3, -0.25) is 0 Å². The first-order chi connectivity index (χ1) is 19.8. The standard InChI is InChI=1S/C31H34FN2O6Si/c1-31(41,40-29-4-2-3-16-38-29)30-33-14-15-34(30)23(19-35)10-7-21-5-8-22(9-6-21)25-12-11-24(18-26(25)32)39-28-13-17-37-20-27(28)36/h5-6,8-9,11-12,14-15,18,23,27-29,35-36H,2-4,13,16-17,19-20H2,1H3/t23-,27+,28?,29?,31-/m0/s1. The van der Waals surface area contributed by atoms with Crippen LogP contribution in [0.25, 0.3) is 11.1 Å². The molecule has 1 aromatic heterocycles. The van der Waals surface area contributed by atoms with Gasteiger partial charge in [-0.05, 0) is 56.0 Å². The van der Waals surface area contributed by atoms with Gasteiger partial charge in [-0.2, -0.15) is 0 Å². The molecular weight excluding hydrogens is 543 g/mol. The monoisotopic (exact) mass is 577 g/mol. The van der Waals surface area contributed by atoms with E-state index in [-0.39, 0.29) is 19.5 Å². The molecular formula is C31H34FN2O6Si. The Morgan fingerprint density at radius 2 is 2.02 bits per heavy atom. The highest BCUT2D eigenvalue weighted by Crippen LogP contribution is 2.29. The van der Waals surface area contributed by atoms with Crippen molar-refractivity contribution >= 4 is 10.2 Å². The van der Waals surface area contributed by atoms with E-state index in [9.17, 15) is 14.6 Å². The molecule has 5 rings (SSSR count). The van der Waals surface area contributed by atoms with Crippen molar-refractivity contribution in [1.82, 2.24) is 9.55 Å². The highest BCUT2D eigenvalue weighted by molar-refractivity contribution is 6.14. The summed E-state index contributed by atoms with van der Waals surface area (Å²) in [6.07, 6.45) is 5.34. The predicted molar refractivity (Wildman–Crippen MR) is 151 cm³/mol. The number of aromatic nitrogens is 2. The number of aliphatic hydroxyl groups excluding tert-OH is 2. The van der Waals surface area contributed by atoms with Crippen LogP contribution in [-0.2, 0) is 19.4 Å². The molecule has 2 fully saturated rings. The molecule has 8 nitrogen and oxygen atoms in total. The molecule has 0 bridgehead atoms. The molecule has 3 radical (unpaired) electrons. The van der Waals surface area contributed by atoms with Crippen LogP contribution in [0, 0.1) is 17.7 Å². The summed E-state index contributed by atoms with van der Waals surface area (Å²) in [5.41, 5.74) is 1.84. The van der Waals surface area contributed by atoms with E-state index in [0.717, 1.165) is 24.8 Å². The zero-order valence-electron chi connectivity index (χ0n) is 23.0. The molecule has 10 heteroatoms. The smallest absolute Gasteiger partial charge is 0.158 e. The van der Waals surface area contributed by atoms with Crippen molar-refractivity contribution in [3.8, 4) is 28.7 Å². The molecule has 2 unspecified atom stereocenters. The lowest BCUT2D eigenvalue weighted by Crippen LogP contribution is -2.40. The Balaban J connectivity index is 1.27. The van der Waals surface area contributed by atoms with Crippen LogP contribution in [0.3, 0.4) is 0 Å². The van der Waals surface area contributed by atoms with Gasteiger partial charge in [0.05, 0.1) is 30.1 Å². The molecule has 3 heterocycles. The molecule has 2 N–H and O–H groups in total. The topological polar surface area (TPSA) is 95.2 Å². The molecule has 41 heavy (non-hydrogen) atoms. The number of hydrogen-bond donors (Lipinski definition) is 2. The van der Waals surface area contributed by atoms with Gasteiger partial charge < -0.3 is 33.7 Å². The number of ether oxygens (including phenoxy) is 4. The number of rotatable bonds is 8. The molecule has 2 saturated heterocycles. The second kappa shape index (κ2) is 13.3. The van der Waals surface area contributed by atoms with E-state index in [1.165, 1.54) is 6.07 Å². The molecule has 0 aliphatic carbocycles. The summed E-state index contributed by atoms with van der Waals surface area (Å²) in [7, 11) is 3.71. The maximum atomic E-state index is 15.0. The average Bonchev–Trinajstić information content (AvgIpc) is 3.47. The molecule has 2 aliphatic heterocycles. The van der Waals surface area contributed by atoms with Gasteiger partial charge in [0.25, 0.3) is 0 Å². The molecule has 215 valence electrons. The van der Waals surface area contributed by atoms with E-state index in [1.807, 2.05) is 19.1 Å². The number of imidazole rings is 1.